The molecule has 1 saturated heterocycles. The topological polar surface area (TPSA) is 6.48 Å². The lowest BCUT2D eigenvalue weighted by molar-refractivity contribution is 0.234. The maximum absolute atomic E-state index is 2.49. The Morgan fingerprint density at radius 2 is 1.76 bits per heavy atom. The number of piperazine rings is 1. The molecule has 2 nitrogen and oxygen atoms in total. The van der Waals surface area contributed by atoms with E-state index in [0.717, 1.165) is 19.6 Å². The van der Waals surface area contributed by atoms with Gasteiger partial charge in [0.15, 0.2) is 0 Å². The summed E-state index contributed by atoms with van der Waals surface area (Å²) in [7, 11) is 2.21. The minimum Gasteiger partial charge on any atom is -0.369 e. The number of anilines is 1. The molecular weight excluding hydrogens is 208 g/mol. The van der Waals surface area contributed by atoms with Crippen LogP contribution in [-0.2, 0) is 0 Å². The zero-order valence-electron chi connectivity index (χ0n) is 11.5. The molecule has 2 heteroatoms. The van der Waals surface area contributed by atoms with Gasteiger partial charge in [-0.2, -0.15) is 0 Å². The second kappa shape index (κ2) is 5.09. The van der Waals surface area contributed by atoms with Crippen molar-refractivity contribution in [3.05, 3.63) is 29.8 Å². The Balaban J connectivity index is 2.07. The van der Waals surface area contributed by atoms with Crippen LogP contribution in [0.25, 0.3) is 0 Å². The third-order valence-electron chi connectivity index (χ3n) is 3.88. The van der Waals surface area contributed by atoms with Crippen LogP contribution in [0.1, 0.15) is 32.3 Å². The molecule has 0 bridgehead atoms. The lowest BCUT2D eigenvalue weighted by Gasteiger charge is -2.39. The van der Waals surface area contributed by atoms with Gasteiger partial charge in [-0.15, -0.1) is 0 Å². The van der Waals surface area contributed by atoms with Crippen LogP contribution >= 0.6 is 0 Å². The van der Waals surface area contributed by atoms with Crippen molar-refractivity contribution in [1.29, 1.82) is 0 Å². The van der Waals surface area contributed by atoms with Gasteiger partial charge < -0.3 is 9.80 Å². The number of nitrogens with zero attached hydrogens (tertiary/aromatic N) is 2. The van der Waals surface area contributed by atoms with Crippen LogP contribution in [0, 0.1) is 0 Å². The van der Waals surface area contributed by atoms with Gasteiger partial charge in [0.1, 0.15) is 0 Å². The van der Waals surface area contributed by atoms with Crippen LogP contribution in [0.2, 0.25) is 0 Å². The van der Waals surface area contributed by atoms with Gasteiger partial charge in [0.25, 0.3) is 0 Å². The minimum absolute atomic E-state index is 0.621. The van der Waals surface area contributed by atoms with Crippen LogP contribution in [0.3, 0.4) is 0 Å². The average molecular weight is 232 g/mol. The summed E-state index contributed by atoms with van der Waals surface area (Å²) in [4.78, 5) is 4.92. The molecule has 0 unspecified atom stereocenters. The molecule has 1 atom stereocenters. The molecule has 2 rings (SSSR count). The molecule has 17 heavy (non-hydrogen) atoms. The van der Waals surface area contributed by atoms with Crippen molar-refractivity contribution in [2.45, 2.75) is 32.7 Å². The van der Waals surface area contributed by atoms with E-state index in [-0.39, 0.29) is 0 Å². The van der Waals surface area contributed by atoms with Crippen molar-refractivity contribution in [1.82, 2.24) is 4.90 Å². The summed E-state index contributed by atoms with van der Waals surface area (Å²) in [5.74, 6) is 0.621. The van der Waals surface area contributed by atoms with Crippen molar-refractivity contribution >= 4 is 5.69 Å². The average Bonchev–Trinajstić information content (AvgIpc) is 2.33. The van der Waals surface area contributed by atoms with Gasteiger partial charge in [0, 0.05) is 31.4 Å². The van der Waals surface area contributed by atoms with Crippen LogP contribution in [0.15, 0.2) is 24.3 Å². The minimum atomic E-state index is 0.621. The Morgan fingerprint density at radius 3 is 2.29 bits per heavy atom. The molecule has 0 spiro atoms. The molecule has 0 saturated carbocycles. The van der Waals surface area contributed by atoms with Crippen molar-refractivity contribution < 1.29 is 0 Å². The lowest BCUT2D eigenvalue weighted by atomic mass is 10.0. The van der Waals surface area contributed by atoms with Crippen molar-refractivity contribution in [3.63, 3.8) is 0 Å². The van der Waals surface area contributed by atoms with Gasteiger partial charge in [-0.1, -0.05) is 26.0 Å². The molecule has 0 aromatic heterocycles. The molecule has 1 aliphatic heterocycles. The fraction of sp³-hybridized carbons (Fsp3) is 0.600. The van der Waals surface area contributed by atoms with Crippen molar-refractivity contribution in [3.8, 4) is 0 Å². The Bertz CT molecular complexity index is 356. The molecule has 1 aliphatic rings. The third kappa shape index (κ3) is 2.81. The summed E-state index contributed by atoms with van der Waals surface area (Å²) in [5, 5.41) is 0. The highest BCUT2D eigenvalue weighted by Gasteiger charge is 2.20. The van der Waals surface area contributed by atoms with Gasteiger partial charge in [0.2, 0.25) is 0 Å². The maximum atomic E-state index is 2.49. The molecular formula is C15H24N2. The van der Waals surface area contributed by atoms with E-state index < -0.39 is 0 Å². The van der Waals surface area contributed by atoms with E-state index in [2.05, 4.69) is 61.9 Å². The van der Waals surface area contributed by atoms with Crippen molar-refractivity contribution in [2.75, 3.05) is 31.6 Å². The number of hydrogen-bond acceptors (Lipinski definition) is 2. The Kier molecular flexibility index (Phi) is 3.72. The van der Waals surface area contributed by atoms with E-state index in [0.29, 0.717) is 12.0 Å². The normalized spacial score (nSPS) is 22.2. The molecule has 1 aromatic rings. The largest absolute Gasteiger partial charge is 0.369 e. The predicted molar refractivity (Wildman–Crippen MR) is 74.8 cm³/mol. The summed E-state index contributed by atoms with van der Waals surface area (Å²) in [5.41, 5.74) is 2.80. The van der Waals surface area contributed by atoms with Crippen LogP contribution < -0.4 is 4.90 Å². The van der Waals surface area contributed by atoms with Gasteiger partial charge in [0.05, 0.1) is 0 Å². The fourth-order valence-electron chi connectivity index (χ4n) is 2.35. The van der Waals surface area contributed by atoms with Crippen LogP contribution in [0.5, 0.6) is 0 Å². The van der Waals surface area contributed by atoms with Gasteiger partial charge in [-0.3, -0.25) is 0 Å². The second-order valence-corrected chi connectivity index (χ2v) is 5.52. The van der Waals surface area contributed by atoms with E-state index in [1.165, 1.54) is 11.3 Å². The van der Waals surface area contributed by atoms with Crippen molar-refractivity contribution in [2.24, 2.45) is 0 Å². The smallest absolute Gasteiger partial charge is 0.0367 e. The highest BCUT2D eigenvalue weighted by Crippen LogP contribution is 2.22. The Hall–Kier alpha value is -1.02. The highest BCUT2D eigenvalue weighted by atomic mass is 15.3. The molecule has 0 radical (unpaired) electrons. The lowest BCUT2D eigenvalue weighted by Crippen LogP contribution is -2.50. The monoisotopic (exact) mass is 232 g/mol. The van der Waals surface area contributed by atoms with E-state index >= 15 is 0 Å². The summed E-state index contributed by atoms with van der Waals surface area (Å²) in [6.45, 7) is 10.2. The molecule has 0 amide bonds. The first-order valence-corrected chi connectivity index (χ1v) is 6.63. The van der Waals surface area contributed by atoms with E-state index in [9.17, 15) is 0 Å². The zero-order chi connectivity index (χ0) is 12.4. The summed E-state index contributed by atoms with van der Waals surface area (Å²) in [6.07, 6.45) is 0. The number of benzene rings is 1. The highest BCUT2D eigenvalue weighted by molar-refractivity contribution is 5.48. The molecule has 0 N–H and O–H groups in total. The van der Waals surface area contributed by atoms with Gasteiger partial charge in [-0.25, -0.2) is 0 Å². The molecule has 94 valence electrons. The van der Waals surface area contributed by atoms with Crippen LogP contribution in [-0.4, -0.2) is 37.6 Å². The summed E-state index contributed by atoms with van der Waals surface area (Å²) < 4.78 is 0. The number of rotatable bonds is 2. The Morgan fingerprint density at radius 1 is 1.12 bits per heavy atom. The number of likely N-dealkylation sites (N-methyl/N-ethyl adjacent to an activating group) is 1. The Labute approximate surface area is 105 Å². The molecule has 1 fully saturated rings. The molecule has 0 aliphatic carbocycles. The maximum Gasteiger partial charge on any atom is 0.0367 e. The summed E-state index contributed by atoms with van der Waals surface area (Å²) in [6, 6.07) is 9.72. The fourth-order valence-corrected chi connectivity index (χ4v) is 2.35. The molecule has 1 aromatic carbocycles. The van der Waals surface area contributed by atoms with Crippen LogP contribution in [0.4, 0.5) is 5.69 Å². The third-order valence-corrected chi connectivity index (χ3v) is 3.88. The SMILES string of the molecule is CC(C)c1ccc(N2CCN(C)[C@H](C)C2)cc1. The predicted octanol–water partition coefficient (Wildman–Crippen LogP) is 2.95. The van der Waals surface area contributed by atoms with E-state index in [4.69, 9.17) is 0 Å². The standard InChI is InChI=1S/C15H24N2/c1-12(2)14-5-7-15(8-6-14)17-10-9-16(4)13(3)11-17/h5-8,12-13H,9-11H2,1-4H3/t13-/m1/s1. The van der Waals surface area contributed by atoms with E-state index in [1.807, 2.05) is 0 Å². The van der Waals surface area contributed by atoms with Gasteiger partial charge >= 0.3 is 0 Å². The first-order chi connectivity index (χ1) is 8.08. The zero-order valence-corrected chi connectivity index (χ0v) is 11.5. The first-order valence-electron chi connectivity index (χ1n) is 6.63. The quantitative estimate of drug-likeness (QED) is 0.773. The first kappa shape index (κ1) is 12.4. The molecule has 1 heterocycles. The number of hydrogen-bond donors (Lipinski definition) is 0. The van der Waals surface area contributed by atoms with Gasteiger partial charge in [-0.05, 0) is 37.6 Å². The second-order valence-electron chi connectivity index (χ2n) is 5.52. The van der Waals surface area contributed by atoms with E-state index in [1.54, 1.807) is 0 Å². The summed E-state index contributed by atoms with van der Waals surface area (Å²) >= 11 is 0.